The molecule has 3 aromatic rings. The van der Waals surface area contributed by atoms with Gasteiger partial charge in [-0.25, -0.2) is 18.3 Å². The summed E-state index contributed by atoms with van der Waals surface area (Å²) < 4.78 is 29.2. The normalized spacial score (nSPS) is 18.4. The molecule has 1 N–H and O–H groups in total. The summed E-state index contributed by atoms with van der Waals surface area (Å²) >= 11 is 0. The molecule has 0 radical (unpaired) electrons. The number of fused-ring (bicyclic) bond motifs is 1. The molecule has 30 heavy (non-hydrogen) atoms. The van der Waals surface area contributed by atoms with Gasteiger partial charge in [-0.1, -0.05) is 12.1 Å². The van der Waals surface area contributed by atoms with E-state index < -0.39 is 11.5 Å². The zero-order valence-electron chi connectivity index (χ0n) is 16.7. The lowest BCUT2D eigenvalue weighted by atomic mass is 9.88. The zero-order valence-corrected chi connectivity index (χ0v) is 16.7. The molecule has 0 bridgehead atoms. The standard InChI is InChI=1S/C21H22F2N4O3/c1-20(30,16-7-10-27-17(13-16)24-25(2)19(27)29)15-5-3-14(4-6-15)18(28)26-11-8-21(22,23)9-12-26/h3-7,10,13,30H,8-9,11-12H2,1-2H3. The molecule has 7 nitrogen and oxygen atoms in total. The Kier molecular flexibility index (Phi) is 4.73. The number of piperidine rings is 1. The van der Waals surface area contributed by atoms with Crippen LogP contribution in [0.25, 0.3) is 5.65 Å². The van der Waals surface area contributed by atoms with Gasteiger partial charge < -0.3 is 10.0 Å². The van der Waals surface area contributed by atoms with E-state index in [0.29, 0.717) is 22.3 Å². The van der Waals surface area contributed by atoms with Crippen molar-refractivity contribution in [2.75, 3.05) is 13.1 Å². The lowest BCUT2D eigenvalue weighted by Crippen LogP contribution is -2.42. The number of benzene rings is 1. The monoisotopic (exact) mass is 416 g/mol. The molecule has 2 aromatic heterocycles. The van der Waals surface area contributed by atoms with E-state index >= 15 is 0 Å². The maximum atomic E-state index is 13.3. The second-order valence-electron chi connectivity index (χ2n) is 7.85. The van der Waals surface area contributed by atoms with Crippen LogP contribution in [0.4, 0.5) is 8.78 Å². The van der Waals surface area contributed by atoms with Gasteiger partial charge in [-0.3, -0.25) is 9.20 Å². The number of alkyl halides is 2. The fourth-order valence-electron chi connectivity index (χ4n) is 3.71. The Morgan fingerprint density at radius 1 is 1.13 bits per heavy atom. The van der Waals surface area contributed by atoms with E-state index in [9.17, 15) is 23.5 Å². The van der Waals surface area contributed by atoms with E-state index in [4.69, 9.17) is 0 Å². The molecule has 1 saturated heterocycles. The number of amides is 1. The number of carbonyl (C=O) groups is 1. The average Bonchev–Trinajstić information content (AvgIpc) is 3.01. The van der Waals surface area contributed by atoms with Gasteiger partial charge in [0.05, 0.1) is 0 Å². The number of hydrogen-bond acceptors (Lipinski definition) is 4. The van der Waals surface area contributed by atoms with Crippen LogP contribution in [0.15, 0.2) is 47.4 Å². The number of hydrogen-bond donors (Lipinski definition) is 1. The van der Waals surface area contributed by atoms with Crippen molar-refractivity contribution in [1.82, 2.24) is 19.1 Å². The SMILES string of the molecule is Cn1nc2cc(C(C)(O)c3ccc(C(=O)N4CCC(F)(F)CC4)cc3)ccn2c1=O. The molecule has 1 amide bonds. The molecule has 0 spiro atoms. The third-order valence-electron chi connectivity index (χ3n) is 5.71. The molecule has 4 rings (SSSR count). The highest BCUT2D eigenvalue weighted by Gasteiger charge is 2.36. The Hall–Kier alpha value is -3.07. The molecule has 158 valence electrons. The van der Waals surface area contributed by atoms with Gasteiger partial charge >= 0.3 is 5.69 Å². The molecule has 0 aliphatic carbocycles. The third-order valence-corrected chi connectivity index (χ3v) is 5.71. The molecule has 1 unspecified atom stereocenters. The van der Waals surface area contributed by atoms with Crippen molar-refractivity contribution in [3.63, 3.8) is 0 Å². The number of aliphatic hydroxyl groups is 1. The average molecular weight is 416 g/mol. The first-order valence-electron chi connectivity index (χ1n) is 9.64. The van der Waals surface area contributed by atoms with E-state index in [1.807, 2.05) is 0 Å². The Balaban J connectivity index is 1.57. The molecule has 1 atom stereocenters. The van der Waals surface area contributed by atoms with Crippen molar-refractivity contribution in [2.24, 2.45) is 7.05 Å². The van der Waals surface area contributed by atoms with Gasteiger partial charge in [-0.2, -0.15) is 5.10 Å². The molecule has 1 fully saturated rings. The van der Waals surface area contributed by atoms with Gasteiger partial charge in [0.1, 0.15) is 5.60 Å². The van der Waals surface area contributed by atoms with Crippen LogP contribution in [0, 0.1) is 0 Å². The lowest BCUT2D eigenvalue weighted by Gasteiger charge is -2.32. The minimum absolute atomic E-state index is 0.0226. The number of rotatable bonds is 3. The first-order valence-corrected chi connectivity index (χ1v) is 9.64. The maximum absolute atomic E-state index is 13.3. The highest BCUT2D eigenvalue weighted by atomic mass is 19.3. The van der Waals surface area contributed by atoms with E-state index in [1.54, 1.807) is 56.6 Å². The number of pyridine rings is 1. The first kappa shape index (κ1) is 20.2. The Labute approximate surface area is 171 Å². The number of carbonyl (C=O) groups excluding carboxylic acids is 1. The minimum atomic E-state index is -2.71. The summed E-state index contributed by atoms with van der Waals surface area (Å²) in [6, 6.07) is 9.73. The molecule has 1 aromatic carbocycles. The van der Waals surface area contributed by atoms with Crippen molar-refractivity contribution < 1.29 is 18.7 Å². The molecular weight excluding hydrogens is 394 g/mol. The Bertz CT molecular complexity index is 1160. The quantitative estimate of drug-likeness (QED) is 0.710. The zero-order chi connectivity index (χ0) is 21.7. The number of aromatic nitrogens is 3. The second kappa shape index (κ2) is 7.02. The molecule has 9 heteroatoms. The fraction of sp³-hybridized carbons (Fsp3) is 0.381. The van der Waals surface area contributed by atoms with E-state index in [2.05, 4.69) is 5.10 Å². The summed E-state index contributed by atoms with van der Waals surface area (Å²) in [5.74, 6) is -3.01. The van der Waals surface area contributed by atoms with Crippen LogP contribution in [-0.4, -0.2) is 49.1 Å². The van der Waals surface area contributed by atoms with Gasteiger partial charge in [0.25, 0.3) is 11.8 Å². The molecule has 1 aliphatic rings. The Morgan fingerprint density at radius 3 is 2.40 bits per heavy atom. The molecule has 0 saturated carbocycles. The van der Waals surface area contributed by atoms with Crippen molar-refractivity contribution >= 4 is 11.6 Å². The van der Waals surface area contributed by atoms with E-state index in [1.165, 1.54) is 14.0 Å². The smallest absolute Gasteiger partial charge is 0.350 e. The first-order chi connectivity index (χ1) is 14.1. The summed E-state index contributed by atoms with van der Waals surface area (Å²) in [6.45, 7) is 1.66. The van der Waals surface area contributed by atoms with Gasteiger partial charge in [-0.15, -0.1) is 0 Å². The van der Waals surface area contributed by atoms with Crippen LogP contribution in [-0.2, 0) is 12.6 Å². The summed E-state index contributed by atoms with van der Waals surface area (Å²) in [7, 11) is 1.55. The molecular formula is C21H22F2N4O3. The van der Waals surface area contributed by atoms with Gasteiger partial charge in [0, 0.05) is 44.7 Å². The summed E-state index contributed by atoms with van der Waals surface area (Å²) in [6.07, 6.45) is 0.897. The third kappa shape index (κ3) is 3.49. The van der Waals surface area contributed by atoms with Crippen molar-refractivity contribution in [3.05, 3.63) is 69.8 Å². The highest BCUT2D eigenvalue weighted by molar-refractivity contribution is 5.94. The van der Waals surface area contributed by atoms with E-state index in [-0.39, 0.29) is 37.5 Å². The van der Waals surface area contributed by atoms with Gasteiger partial charge in [0.2, 0.25) is 0 Å². The second-order valence-corrected chi connectivity index (χ2v) is 7.85. The lowest BCUT2D eigenvalue weighted by molar-refractivity contribution is -0.0494. The number of aryl methyl sites for hydroxylation is 1. The van der Waals surface area contributed by atoms with Crippen LogP contribution in [0.1, 0.15) is 41.3 Å². The number of likely N-dealkylation sites (tertiary alicyclic amines) is 1. The minimum Gasteiger partial charge on any atom is -0.381 e. The number of halogens is 2. The molecule has 1 aliphatic heterocycles. The van der Waals surface area contributed by atoms with Crippen LogP contribution in [0.2, 0.25) is 0 Å². The van der Waals surface area contributed by atoms with Gasteiger partial charge in [0.15, 0.2) is 5.65 Å². The van der Waals surface area contributed by atoms with Crippen LogP contribution in [0.5, 0.6) is 0 Å². The van der Waals surface area contributed by atoms with Crippen LogP contribution >= 0.6 is 0 Å². The number of nitrogens with zero attached hydrogens (tertiary/aromatic N) is 4. The fourth-order valence-corrected chi connectivity index (χ4v) is 3.71. The maximum Gasteiger partial charge on any atom is 0.350 e. The predicted molar refractivity (Wildman–Crippen MR) is 106 cm³/mol. The topological polar surface area (TPSA) is 79.8 Å². The van der Waals surface area contributed by atoms with Crippen molar-refractivity contribution in [3.8, 4) is 0 Å². The van der Waals surface area contributed by atoms with Crippen LogP contribution in [0.3, 0.4) is 0 Å². The summed E-state index contributed by atoms with van der Waals surface area (Å²) in [5.41, 5.74) is 0.212. The predicted octanol–water partition coefficient (Wildman–Crippen LogP) is 2.16. The van der Waals surface area contributed by atoms with Crippen molar-refractivity contribution in [1.29, 1.82) is 0 Å². The van der Waals surface area contributed by atoms with Crippen LogP contribution < -0.4 is 5.69 Å². The summed E-state index contributed by atoms with van der Waals surface area (Å²) in [5, 5.41) is 15.3. The largest absolute Gasteiger partial charge is 0.381 e. The van der Waals surface area contributed by atoms with Crippen molar-refractivity contribution in [2.45, 2.75) is 31.3 Å². The molecule has 3 heterocycles. The Morgan fingerprint density at radius 2 is 1.77 bits per heavy atom. The highest BCUT2D eigenvalue weighted by Crippen LogP contribution is 2.31. The van der Waals surface area contributed by atoms with E-state index in [0.717, 1.165) is 0 Å². The van der Waals surface area contributed by atoms with Gasteiger partial charge in [-0.05, 0) is 42.3 Å². The summed E-state index contributed by atoms with van der Waals surface area (Å²) in [4.78, 5) is 26.0.